The van der Waals surface area contributed by atoms with Crippen LogP contribution in [0.1, 0.15) is 13.3 Å². The molecule has 0 saturated heterocycles. The summed E-state index contributed by atoms with van der Waals surface area (Å²) in [5, 5.41) is 21.9. The minimum absolute atomic E-state index is 0. The second-order valence-electron chi connectivity index (χ2n) is 6.82. The fourth-order valence-electron chi connectivity index (χ4n) is 3.17. The molecule has 0 saturated carbocycles. The van der Waals surface area contributed by atoms with Crippen molar-refractivity contribution in [1.29, 1.82) is 0 Å². The number of aliphatic hydroxyl groups is 2. The van der Waals surface area contributed by atoms with Crippen molar-refractivity contribution >= 4 is 48.0 Å². The van der Waals surface area contributed by atoms with Gasteiger partial charge in [-0.25, -0.2) is 0 Å². The molecule has 0 aliphatic heterocycles. The third-order valence-electron chi connectivity index (χ3n) is 4.73. The van der Waals surface area contributed by atoms with Crippen LogP contribution in [-0.2, 0) is 0 Å². The molecule has 0 radical (unpaired) electrons. The van der Waals surface area contributed by atoms with Crippen LogP contribution in [0.15, 0.2) is 93.9 Å². The highest BCUT2D eigenvalue weighted by molar-refractivity contribution is 7.99. The van der Waals surface area contributed by atoms with E-state index < -0.39 is 0 Å². The Labute approximate surface area is 201 Å². The second kappa shape index (κ2) is 14.2. The summed E-state index contributed by atoms with van der Waals surface area (Å²) in [5.41, 5.74) is 4.58. The summed E-state index contributed by atoms with van der Waals surface area (Å²) >= 11 is 1.71. The Hall–Kier alpha value is -1.89. The van der Waals surface area contributed by atoms with E-state index in [1.807, 2.05) is 17.0 Å². The summed E-state index contributed by atoms with van der Waals surface area (Å²) in [4.78, 5) is 4.31. The molecular weight excluding hydrogens is 451 g/mol. The van der Waals surface area contributed by atoms with Gasteiger partial charge in [0.25, 0.3) is 0 Å². The molecule has 0 unspecified atom stereocenters. The SMILES string of the molecule is C/C(Nc1ccc(Sc2ccc(N(CCO)CCO)cc2)cc1)=C1/C=CC=CC1.Cl.Cl. The molecular formula is C24H30Cl2N2O2S. The molecule has 168 valence electrons. The summed E-state index contributed by atoms with van der Waals surface area (Å²) in [6, 6.07) is 16.7. The first-order valence-electron chi connectivity index (χ1n) is 9.84. The van der Waals surface area contributed by atoms with Crippen molar-refractivity contribution in [3.63, 3.8) is 0 Å². The lowest BCUT2D eigenvalue weighted by Gasteiger charge is -2.23. The van der Waals surface area contributed by atoms with E-state index in [1.54, 1.807) is 11.8 Å². The number of allylic oxidation sites excluding steroid dienone is 6. The van der Waals surface area contributed by atoms with Gasteiger partial charge in [0.05, 0.1) is 13.2 Å². The molecule has 0 fully saturated rings. The molecule has 0 spiro atoms. The number of anilines is 2. The van der Waals surface area contributed by atoms with Crippen LogP contribution in [0.25, 0.3) is 0 Å². The van der Waals surface area contributed by atoms with Gasteiger partial charge in [0.2, 0.25) is 0 Å². The number of nitrogens with one attached hydrogen (secondary N) is 1. The highest BCUT2D eigenvalue weighted by Gasteiger charge is 2.06. The van der Waals surface area contributed by atoms with E-state index in [0.717, 1.165) is 22.7 Å². The highest BCUT2D eigenvalue weighted by atomic mass is 35.5. The zero-order valence-electron chi connectivity index (χ0n) is 17.5. The Morgan fingerprint density at radius 2 is 1.48 bits per heavy atom. The van der Waals surface area contributed by atoms with Crippen molar-refractivity contribution in [2.75, 3.05) is 36.5 Å². The molecule has 3 rings (SSSR count). The van der Waals surface area contributed by atoms with Crippen molar-refractivity contribution < 1.29 is 10.2 Å². The molecule has 0 bridgehead atoms. The Morgan fingerprint density at radius 3 is 2.00 bits per heavy atom. The topological polar surface area (TPSA) is 55.7 Å². The smallest absolute Gasteiger partial charge is 0.0606 e. The zero-order valence-corrected chi connectivity index (χ0v) is 20.0. The third kappa shape index (κ3) is 8.28. The molecule has 3 N–H and O–H groups in total. The Kier molecular flexibility index (Phi) is 12.5. The van der Waals surface area contributed by atoms with Gasteiger partial charge in [-0.1, -0.05) is 36.1 Å². The first-order chi connectivity index (χ1) is 14.2. The first kappa shape index (κ1) is 27.1. The quantitative estimate of drug-likeness (QED) is 0.431. The summed E-state index contributed by atoms with van der Waals surface area (Å²) in [7, 11) is 0. The van der Waals surface area contributed by atoms with Gasteiger partial charge in [0, 0.05) is 40.0 Å². The number of rotatable bonds is 9. The fourth-order valence-corrected chi connectivity index (χ4v) is 3.98. The van der Waals surface area contributed by atoms with E-state index in [9.17, 15) is 10.2 Å². The molecule has 2 aromatic carbocycles. The van der Waals surface area contributed by atoms with Crippen molar-refractivity contribution in [3.05, 3.63) is 84.1 Å². The van der Waals surface area contributed by atoms with Gasteiger partial charge in [-0.05, 0) is 67.4 Å². The maximum atomic E-state index is 9.18. The average Bonchev–Trinajstić information content (AvgIpc) is 2.76. The number of halogens is 2. The van der Waals surface area contributed by atoms with Gasteiger partial charge in [-0.15, -0.1) is 24.8 Å². The molecule has 0 atom stereocenters. The summed E-state index contributed by atoms with van der Waals surface area (Å²) < 4.78 is 0. The van der Waals surface area contributed by atoms with E-state index in [4.69, 9.17) is 0 Å². The number of hydrogen-bond donors (Lipinski definition) is 3. The Morgan fingerprint density at radius 1 is 0.903 bits per heavy atom. The lowest BCUT2D eigenvalue weighted by Crippen LogP contribution is -2.29. The van der Waals surface area contributed by atoms with E-state index in [1.165, 1.54) is 16.2 Å². The zero-order chi connectivity index (χ0) is 20.5. The Balaban J connectivity index is 0.00000240. The predicted molar refractivity (Wildman–Crippen MR) is 137 cm³/mol. The van der Waals surface area contributed by atoms with Gasteiger partial charge in [-0.2, -0.15) is 0 Å². The van der Waals surface area contributed by atoms with E-state index in [2.05, 4.69) is 72.9 Å². The molecule has 1 aliphatic carbocycles. The van der Waals surface area contributed by atoms with Gasteiger partial charge in [-0.3, -0.25) is 0 Å². The first-order valence-corrected chi connectivity index (χ1v) is 10.7. The summed E-state index contributed by atoms with van der Waals surface area (Å²) in [6.45, 7) is 3.28. The maximum Gasteiger partial charge on any atom is 0.0606 e. The third-order valence-corrected chi connectivity index (χ3v) is 5.74. The number of nitrogens with zero attached hydrogens (tertiary/aromatic N) is 1. The van der Waals surface area contributed by atoms with E-state index in [-0.39, 0.29) is 38.0 Å². The molecule has 31 heavy (non-hydrogen) atoms. The standard InChI is InChI=1S/C24H28N2O2S.2ClH/c1-19(20-5-3-2-4-6-20)25-21-7-11-23(12-8-21)29-24-13-9-22(10-14-24)26(15-17-27)16-18-28;;/h2-5,7-14,25,27-28H,6,15-18H2,1H3;2*1H/b20-19+;;. The predicted octanol–water partition coefficient (Wildman–Crippen LogP) is 5.67. The molecule has 0 amide bonds. The van der Waals surface area contributed by atoms with Gasteiger partial charge in [0.1, 0.15) is 0 Å². The van der Waals surface area contributed by atoms with Crippen molar-refractivity contribution in [1.82, 2.24) is 0 Å². The Bertz CT molecular complexity index is 875. The molecule has 0 aromatic heterocycles. The van der Waals surface area contributed by atoms with Crippen LogP contribution in [0.5, 0.6) is 0 Å². The second-order valence-corrected chi connectivity index (χ2v) is 7.97. The van der Waals surface area contributed by atoms with E-state index >= 15 is 0 Å². The van der Waals surface area contributed by atoms with E-state index in [0.29, 0.717) is 13.1 Å². The molecule has 1 aliphatic rings. The summed E-state index contributed by atoms with van der Waals surface area (Å²) in [6.07, 6.45) is 9.43. The number of benzene rings is 2. The fraction of sp³-hybridized carbons (Fsp3) is 0.250. The van der Waals surface area contributed by atoms with Gasteiger partial charge >= 0.3 is 0 Å². The van der Waals surface area contributed by atoms with Crippen LogP contribution < -0.4 is 10.2 Å². The largest absolute Gasteiger partial charge is 0.395 e. The minimum atomic E-state index is 0. The monoisotopic (exact) mass is 480 g/mol. The number of aliphatic hydroxyl groups excluding tert-OH is 2. The highest BCUT2D eigenvalue weighted by Crippen LogP contribution is 2.30. The summed E-state index contributed by atoms with van der Waals surface area (Å²) in [5.74, 6) is 0. The van der Waals surface area contributed by atoms with Crippen LogP contribution in [0.2, 0.25) is 0 Å². The van der Waals surface area contributed by atoms with Crippen LogP contribution in [0.3, 0.4) is 0 Å². The normalized spacial score (nSPS) is 13.8. The molecule has 2 aromatic rings. The number of hydrogen-bond acceptors (Lipinski definition) is 5. The maximum absolute atomic E-state index is 9.18. The van der Waals surface area contributed by atoms with Crippen LogP contribution in [0.4, 0.5) is 11.4 Å². The molecule has 0 heterocycles. The van der Waals surface area contributed by atoms with Crippen molar-refractivity contribution in [2.45, 2.75) is 23.1 Å². The van der Waals surface area contributed by atoms with Crippen LogP contribution >= 0.6 is 36.6 Å². The van der Waals surface area contributed by atoms with Gasteiger partial charge in [0.15, 0.2) is 0 Å². The lowest BCUT2D eigenvalue weighted by molar-refractivity contribution is 0.281. The minimum Gasteiger partial charge on any atom is -0.395 e. The molecule has 7 heteroatoms. The van der Waals surface area contributed by atoms with Crippen molar-refractivity contribution in [3.8, 4) is 0 Å². The average molecular weight is 481 g/mol. The van der Waals surface area contributed by atoms with Crippen LogP contribution in [-0.4, -0.2) is 36.5 Å². The van der Waals surface area contributed by atoms with Crippen molar-refractivity contribution in [2.24, 2.45) is 0 Å². The van der Waals surface area contributed by atoms with Crippen LogP contribution in [0, 0.1) is 0 Å². The van der Waals surface area contributed by atoms with Gasteiger partial charge < -0.3 is 20.4 Å². The molecule has 4 nitrogen and oxygen atoms in total. The lowest BCUT2D eigenvalue weighted by atomic mass is 10.1.